The molecule has 1 aliphatic carbocycles. The number of guanidine groups is 1. The molecule has 1 aromatic rings. The van der Waals surface area contributed by atoms with E-state index in [-0.39, 0.29) is 24.0 Å². The molecule has 1 saturated heterocycles. The first-order valence-corrected chi connectivity index (χ1v) is 9.59. The average molecular weight is 459 g/mol. The van der Waals surface area contributed by atoms with Gasteiger partial charge in [0.15, 0.2) is 5.96 Å². The molecule has 1 N–H and O–H groups in total. The standard InChI is InChI=1S/C19H33N5.HI/c1-4-20-18(21-15-19(2)8-5-6-9-19)24-10-7-16(14-24)11-17-12-22-23(3)13-17;/h12-13,16H,4-11,14-15H2,1-3H3,(H,20,21);1H. The highest BCUT2D eigenvalue weighted by Gasteiger charge is 2.30. The number of aryl methyl sites for hydroxylation is 1. The Morgan fingerprint density at radius 3 is 2.80 bits per heavy atom. The summed E-state index contributed by atoms with van der Waals surface area (Å²) in [7, 11) is 1.99. The van der Waals surface area contributed by atoms with Gasteiger partial charge in [-0.1, -0.05) is 19.8 Å². The van der Waals surface area contributed by atoms with Crippen molar-refractivity contribution in [1.29, 1.82) is 0 Å². The molecule has 0 radical (unpaired) electrons. The molecule has 2 aliphatic rings. The van der Waals surface area contributed by atoms with Crippen LogP contribution in [0.25, 0.3) is 0 Å². The van der Waals surface area contributed by atoms with Crippen molar-refractivity contribution in [3.05, 3.63) is 18.0 Å². The van der Waals surface area contributed by atoms with Crippen molar-refractivity contribution >= 4 is 29.9 Å². The summed E-state index contributed by atoms with van der Waals surface area (Å²) < 4.78 is 1.90. The van der Waals surface area contributed by atoms with Crippen LogP contribution in [-0.4, -0.2) is 46.8 Å². The second-order valence-corrected chi connectivity index (χ2v) is 8.02. The SMILES string of the molecule is CCNC(=NCC1(C)CCCC1)N1CCC(Cc2cnn(C)c2)C1.I. The molecule has 0 aromatic carbocycles. The number of nitrogens with zero attached hydrogens (tertiary/aromatic N) is 4. The van der Waals surface area contributed by atoms with E-state index in [0.29, 0.717) is 11.3 Å². The Kier molecular flexibility index (Phi) is 7.58. The van der Waals surface area contributed by atoms with Crippen molar-refractivity contribution in [2.75, 3.05) is 26.2 Å². The van der Waals surface area contributed by atoms with E-state index in [1.54, 1.807) is 0 Å². The van der Waals surface area contributed by atoms with Gasteiger partial charge in [-0.3, -0.25) is 9.67 Å². The lowest BCUT2D eigenvalue weighted by atomic mass is 9.89. The van der Waals surface area contributed by atoms with Crippen LogP contribution in [-0.2, 0) is 13.5 Å². The summed E-state index contributed by atoms with van der Waals surface area (Å²) >= 11 is 0. The number of halogens is 1. The molecule has 0 spiro atoms. The third-order valence-electron chi connectivity index (χ3n) is 5.62. The molecule has 0 bridgehead atoms. The molecule has 1 aromatic heterocycles. The molecule has 3 rings (SSSR count). The molecular formula is C19H34IN5. The van der Waals surface area contributed by atoms with Gasteiger partial charge in [0.25, 0.3) is 0 Å². The van der Waals surface area contributed by atoms with Crippen LogP contribution in [0, 0.1) is 11.3 Å². The van der Waals surface area contributed by atoms with E-state index in [1.807, 2.05) is 17.9 Å². The first-order chi connectivity index (χ1) is 11.6. The van der Waals surface area contributed by atoms with Crippen LogP contribution in [0.4, 0.5) is 0 Å². The normalized spacial score (nSPS) is 22.9. The molecule has 1 unspecified atom stereocenters. The molecular weight excluding hydrogens is 425 g/mol. The molecule has 25 heavy (non-hydrogen) atoms. The Morgan fingerprint density at radius 1 is 1.40 bits per heavy atom. The van der Waals surface area contributed by atoms with Gasteiger partial charge in [0.1, 0.15) is 0 Å². The van der Waals surface area contributed by atoms with E-state index >= 15 is 0 Å². The van der Waals surface area contributed by atoms with Crippen molar-refractivity contribution in [2.45, 2.75) is 52.4 Å². The molecule has 2 heterocycles. The second kappa shape index (κ2) is 9.24. The number of rotatable bonds is 5. The summed E-state index contributed by atoms with van der Waals surface area (Å²) in [5.74, 6) is 1.83. The maximum atomic E-state index is 5.01. The predicted molar refractivity (Wildman–Crippen MR) is 115 cm³/mol. The number of aliphatic imine (C=N–C) groups is 1. The monoisotopic (exact) mass is 459 g/mol. The number of hydrogen-bond acceptors (Lipinski definition) is 2. The van der Waals surface area contributed by atoms with Crippen molar-refractivity contribution in [3.63, 3.8) is 0 Å². The Balaban J connectivity index is 0.00000225. The summed E-state index contributed by atoms with van der Waals surface area (Å²) in [6, 6.07) is 0. The van der Waals surface area contributed by atoms with Crippen LogP contribution in [0.5, 0.6) is 0 Å². The first-order valence-electron chi connectivity index (χ1n) is 9.59. The van der Waals surface area contributed by atoms with E-state index < -0.39 is 0 Å². The quantitative estimate of drug-likeness (QED) is 0.417. The van der Waals surface area contributed by atoms with Crippen LogP contribution in [0.15, 0.2) is 17.4 Å². The highest BCUT2D eigenvalue weighted by atomic mass is 127. The second-order valence-electron chi connectivity index (χ2n) is 8.02. The van der Waals surface area contributed by atoms with Gasteiger partial charge in [-0.05, 0) is 49.5 Å². The van der Waals surface area contributed by atoms with E-state index in [4.69, 9.17) is 4.99 Å². The smallest absolute Gasteiger partial charge is 0.193 e. The molecule has 1 aliphatic heterocycles. The molecule has 142 valence electrons. The molecule has 5 nitrogen and oxygen atoms in total. The van der Waals surface area contributed by atoms with E-state index in [1.165, 1.54) is 37.7 Å². The van der Waals surface area contributed by atoms with Crippen LogP contribution in [0.2, 0.25) is 0 Å². The molecule has 1 atom stereocenters. The third kappa shape index (κ3) is 5.59. The van der Waals surface area contributed by atoms with Gasteiger partial charge in [0.05, 0.1) is 6.20 Å². The van der Waals surface area contributed by atoms with Gasteiger partial charge in [0, 0.05) is 39.4 Å². The lowest BCUT2D eigenvalue weighted by Crippen LogP contribution is -2.40. The Bertz CT molecular complexity index is 562. The summed E-state index contributed by atoms with van der Waals surface area (Å²) in [5, 5.41) is 7.80. The van der Waals surface area contributed by atoms with Crippen LogP contribution >= 0.6 is 24.0 Å². The Labute approximate surface area is 169 Å². The van der Waals surface area contributed by atoms with E-state index in [2.05, 4.69) is 35.4 Å². The van der Waals surface area contributed by atoms with Crippen molar-refractivity contribution in [1.82, 2.24) is 20.0 Å². The number of nitrogens with one attached hydrogen (secondary N) is 1. The zero-order valence-corrected chi connectivity index (χ0v) is 18.3. The molecule has 1 saturated carbocycles. The largest absolute Gasteiger partial charge is 0.357 e. The average Bonchev–Trinajstić information content (AvgIpc) is 3.27. The zero-order valence-electron chi connectivity index (χ0n) is 16.0. The Morgan fingerprint density at radius 2 is 2.16 bits per heavy atom. The van der Waals surface area contributed by atoms with Crippen molar-refractivity contribution in [2.24, 2.45) is 23.4 Å². The van der Waals surface area contributed by atoms with Crippen LogP contribution < -0.4 is 5.32 Å². The van der Waals surface area contributed by atoms with Crippen molar-refractivity contribution < 1.29 is 0 Å². The van der Waals surface area contributed by atoms with Gasteiger partial charge in [-0.15, -0.1) is 24.0 Å². The van der Waals surface area contributed by atoms with Gasteiger partial charge in [-0.25, -0.2) is 0 Å². The van der Waals surface area contributed by atoms with Crippen molar-refractivity contribution in [3.8, 4) is 0 Å². The molecule has 6 heteroatoms. The van der Waals surface area contributed by atoms with Gasteiger partial charge >= 0.3 is 0 Å². The fourth-order valence-corrected chi connectivity index (χ4v) is 4.18. The van der Waals surface area contributed by atoms with Crippen LogP contribution in [0.1, 0.15) is 51.5 Å². The van der Waals surface area contributed by atoms with E-state index in [9.17, 15) is 0 Å². The minimum absolute atomic E-state index is 0. The highest BCUT2D eigenvalue weighted by Crippen LogP contribution is 2.37. The summed E-state index contributed by atoms with van der Waals surface area (Å²) in [5.41, 5.74) is 1.78. The minimum atomic E-state index is 0. The maximum absolute atomic E-state index is 5.01. The lowest BCUT2D eigenvalue weighted by Gasteiger charge is -2.25. The first kappa shape index (κ1) is 20.5. The minimum Gasteiger partial charge on any atom is -0.357 e. The maximum Gasteiger partial charge on any atom is 0.193 e. The summed E-state index contributed by atoms with van der Waals surface area (Å²) in [4.78, 5) is 7.47. The molecule has 2 fully saturated rings. The van der Waals surface area contributed by atoms with Crippen LogP contribution in [0.3, 0.4) is 0 Å². The molecule has 0 amide bonds. The van der Waals surface area contributed by atoms with Gasteiger partial charge < -0.3 is 10.2 Å². The Hall–Kier alpha value is -0.790. The van der Waals surface area contributed by atoms with Gasteiger partial charge in [-0.2, -0.15) is 5.10 Å². The summed E-state index contributed by atoms with van der Waals surface area (Å²) in [6.45, 7) is 8.71. The lowest BCUT2D eigenvalue weighted by molar-refractivity contribution is 0.347. The highest BCUT2D eigenvalue weighted by molar-refractivity contribution is 14.0. The number of hydrogen-bond donors (Lipinski definition) is 1. The summed E-state index contributed by atoms with van der Waals surface area (Å²) in [6.07, 6.45) is 11.9. The number of aromatic nitrogens is 2. The van der Waals surface area contributed by atoms with E-state index in [0.717, 1.165) is 38.6 Å². The fraction of sp³-hybridized carbons (Fsp3) is 0.789. The fourth-order valence-electron chi connectivity index (χ4n) is 4.18. The zero-order chi connectivity index (χ0) is 17.0. The third-order valence-corrected chi connectivity index (χ3v) is 5.62. The van der Waals surface area contributed by atoms with Gasteiger partial charge in [0.2, 0.25) is 0 Å². The topological polar surface area (TPSA) is 45.5 Å². The predicted octanol–water partition coefficient (Wildman–Crippen LogP) is 3.45. The number of likely N-dealkylation sites (tertiary alicyclic amines) is 1.